The second kappa shape index (κ2) is 6.95. The summed E-state index contributed by atoms with van der Waals surface area (Å²) in [5.74, 6) is 0.597. The molecule has 2 heterocycles. The molecular weight excluding hydrogens is 342 g/mol. The highest BCUT2D eigenvalue weighted by atomic mass is 16.5. The summed E-state index contributed by atoms with van der Waals surface area (Å²) in [6, 6.07) is 15.0. The van der Waals surface area contributed by atoms with Crippen LogP contribution in [0.1, 0.15) is 28.8 Å². The van der Waals surface area contributed by atoms with Crippen LogP contribution >= 0.6 is 0 Å². The van der Waals surface area contributed by atoms with Gasteiger partial charge in [0.25, 0.3) is 11.8 Å². The van der Waals surface area contributed by atoms with Crippen molar-refractivity contribution < 1.29 is 14.3 Å². The Balaban J connectivity index is 1.38. The van der Waals surface area contributed by atoms with Crippen LogP contribution in [-0.4, -0.2) is 42.1 Å². The summed E-state index contributed by atoms with van der Waals surface area (Å²) in [6.45, 7) is 3.17. The van der Waals surface area contributed by atoms with Crippen molar-refractivity contribution in [3.63, 3.8) is 0 Å². The maximum absolute atomic E-state index is 12.5. The molecule has 2 aromatic carbocycles. The van der Waals surface area contributed by atoms with E-state index in [0.717, 1.165) is 11.3 Å². The van der Waals surface area contributed by atoms with E-state index in [1.165, 1.54) is 0 Å². The average Bonchev–Trinajstić information content (AvgIpc) is 2.68. The predicted octanol–water partition coefficient (Wildman–Crippen LogP) is 2.55. The number of carbonyl (C=O) groups excluding carboxylic acids is 2. The highest BCUT2D eigenvalue weighted by molar-refractivity contribution is 6.02. The predicted molar refractivity (Wildman–Crippen MR) is 103 cm³/mol. The van der Waals surface area contributed by atoms with Gasteiger partial charge < -0.3 is 20.3 Å². The number of nitrogens with zero attached hydrogens (tertiary/aromatic N) is 1. The van der Waals surface area contributed by atoms with Gasteiger partial charge in [0.1, 0.15) is 11.4 Å². The number of benzene rings is 2. The van der Waals surface area contributed by atoms with Crippen LogP contribution in [0.2, 0.25) is 0 Å². The molecule has 0 bridgehead atoms. The maximum atomic E-state index is 12.5. The Hall–Kier alpha value is -3.02. The number of amides is 2. The van der Waals surface area contributed by atoms with Gasteiger partial charge in [-0.1, -0.05) is 30.3 Å². The molecule has 0 aliphatic carbocycles. The van der Waals surface area contributed by atoms with Gasteiger partial charge in [0, 0.05) is 25.9 Å². The van der Waals surface area contributed by atoms with Crippen molar-refractivity contribution in [2.75, 3.05) is 25.0 Å². The minimum atomic E-state index is -0.493. The van der Waals surface area contributed by atoms with Crippen LogP contribution < -0.4 is 15.4 Å². The van der Waals surface area contributed by atoms with Gasteiger partial charge in [-0.05, 0) is 30.7 Å². The Morgan fingerprint density at radius 1 is 1.07 bits per heavy atom. The number of fused-ring (bicyclic) bond motifs is 1. The number of likely N-dealkylation sites (tertiary alicyclic amines) is 1. The van der Waals surface area contributed by atoms with E-state index in [4.69, 9.17) is 4.74 Å². The van der Waals surface area contributed by atoms with Gasteiger partial charge in [0.15, 0.2) is 6.61 Å². The Labute approximate surface area is 158 Å². The van der Waals surface area contributed by atoms with E-state index in [2.05, 4.69) is 10.6 Å². The number of aryl methyl sites for hydroxylation is 1. The number of piperidine rings is 1. The molecule has 140 valence electrons. The van der Waals surface area contributed by atoms with Crippen LogP contribution in [-0.2, 0) is 4.79 Å². The smallest absolute Gasteiger partial charge is 0.260 e. The third-order valence-electron chi connectivity index (χ3n) is 5.31. The zero-order valence-electron chi connectivity index (χ0n) is 15.3. The van der Waals surface area contributed by atoms with Crippen molar-refractivity contribution >= 4 is 17.5 Å². The van der Waals surface area contributed by atoms with Gasteiger partial charge in [-0.2, -0.15) is 0 Å². The van der Waals surface area contributed by atoms with Crippen molar-refractivity contribution in [1.82, 2.24) is 10.2 Å². The summed E-state index contributed by atoms with van der Waals surface area (Å²) < 4.78 is 5.56. The molecule has 6 heteroatoms. The van der Waals surface area contributed by atoms with Gasteiger partial charge >= 0.3 is 0 Å². The van der Waals surface area contributed by atoms with Crippen molar-refractivity contribution in [3.8, 4) is 5.75 Å². The Bertz CT molecular complexity index is 858. The molecular formula is C21H23N3O3. The van der Waals surface area contributed by atoms with E-state index in [-0.39, 0.29) is 18.4 Å². The lowest BCUT2D eigenvalue weighted by Gasteiger charge is -2.46. The van der Waals surface area contributed by atoms with Crippen LogP contribution in [0.25, 0.3) is 0 Å². The summed E-state index contributed by atoms with van der Waals surface area (Å²) in [5, 5.41) is 6.64. The first kappa shape index (κ1) is 17.4. The van der Waals surface area contributed by atoms with E-state index in [0.29, 0.717) is 37.2 Å². The van der Waals surface area contributed by atoms with Crippen LogP contribution in [0.5, 0.6) is 5.75 Å². The number of anilines is 1. The van der Waals surface area contributed by atoms with E-state index in [9.17, 15) is 9.59 Å². The lowest BCUT2D eigenvalue weighted by Crippen LogP contribution is -2.63. The van der Waals surface area contributed by atoms with Gasteiger partial charge in [-0.3, -0.25) is 9.59 Å². The third-order valence-corrected chi connectivity index (χ3v) is 5.31. The summed E-state index contributed by atoms with van der Waals surface area (Å²) in [5.41, 5.74) is 2.13. The van der Waals surface area contributed by atoms with Crippen LogP contribution in [0.15, 0.2) is 48.5 Å². The SMILES string of the molecule is Cc1cccc2c1NC1(CCN(C(=O)COc3ccccc3)CC1)NC2=O. The highest BCUT2D eigenvalue weighted by Crippen LogP contribution is 2.33. The number of hydrogen-bond acceptors (Lipinski definition) is 4. The molecule has 2 N–H and O–H groups in total. The third kappa shape index (κ3) is 3.47. The second-order valence-electron chi connectivity index (χ2n) is 7.14. The fraction of sp³-hybridized carbons (Fsp3) is 0.333. The van der Waals surface area contributed by atoms with E-state index in [1.807, 2.05) is 55.5 Å². The molecule has 0 radical (unpaired) electrons. The number of rotatable bonds is 3. The number of ether oxygens (including phenoxy) is 1. The molecule has 1 fully saturated rings. The van der Waals surface area contributed by atoms with Crippen molar-refractivity contribution in [1.29, 1.82) is 0 Å². The fourth-order valence-electron chi connectivity index (χ4n) is 3.72. The largest absolute Gasteiger partial charge is 0.484 e. The van der Waals surface area contributed by atoms with E-state index >= 15 is 0 Å². The molecule has 2 aromatic rings. The zero-order valence-corrected chi connectivity index (χ0v) is 15.3. The Kier molecular flexibility index (Phi) is 4.48. The maximum Gasteiger partial charge on any atom is 0.260 e. The second-order valence-corrected chi connectivity index (χ2v) is 7.14. The molecule has 2 aliphatic rings. The monoisotopic (exact) mass is 365 g/mol. The fourth-order valence-corrected chi connectivity index (χ4v) is 3.72. The van der Waals surface area contributed by atoms with Crippen molar-refractivity contribution in [2.45, 2.75) is 25.4 Å². The first-order valence-corrected chi connectivity index (χ1v) is 9.22. The quantitative estimate of drug-likeness (QED) is 0.877. The lowest BCUT2D eigenvalue weighted by atomic mass is 9.91. The molecule has 1 saturated heterocycles. The molecule has 4 rings (SSSR count). The zero-order chi connectivity index (χ0) is 18.9. The highest BCUT2D eigenvalue weighted by Gasteiger charge is 2.41. The van der Waals surface area contributed by atoms with Gasteiger partial charge in [0.2, 0.25) is 0 Å². The summed E-state index contributed by atoms with van der Waals surface area (Å²) in [4.78, 5) is 26.8. The van der Waals surface area contributed by atoms with Gasteiger partial charge in [-0.15, -0.1) is 0 Å². The normalized spacial score (nSPS) is 17.7. The van der Waals surface area contributed by atoms with Gasteiger partial charge in [0.05, 0.1) is 11.3 Å². The van der Waals surface area contributed by atoms with Crippen molar-refractivity contribution in [2.24, 2.45) is 0 Å². The molecule has 1 spiro atoms. The minimum absolute atomic E-state index is 0.0265. The molecule has 0 unspecified atom stereocenters. The molecule has 0 aromatic heterocycles. The molecule has 27 heavy (non-hydrogen) atoms. The number of hydrogen-bond donors (Lipinski definition) is 2. The molecule has 2 amide bonds. The average molecular weight is 365 g/mol. The summed E-state index contributed by atoms with van der Waals surface area (Å²) >= 11 is 0. The number of carbonyl (C=O) groups is 2. The summed E-state index contributed by atoms with van der Waals surface area (Å²) in [6.07, 6.45) is 1.31. The van der Waals surface area contributed by atoms with Crippen LogP contribution in [0.3, 0.4) is 0 Å². The number of para-hydroxylation sites is 2. The van der Waals surface area contributed by atoms with E-state index in [1.54, 1.807) is 4.90 Å². The van der Waals surface area contributed by atoms with Crippen LogP contribution in [0, 0.1) is 6.92 Å². The van der Waals surface area contributed by atoms with E-state index < -0.39 is 5.66 Å². The first-order chi connectivity index (χ1) is 13.1. The van der Waals surface area contributed by atoms with Crippen molar-refractivity contribution in [3.05, 3.63) is 59.7 Å². The van der Waals surface area contributed by atoms with Gasteiger partial charge in [-0.25, -0.2) is 0 Å². The molecule has 6 nitrogen and oxygen atoms in total. The molecule has 0 atom stereocenters. The lowest BCUT2D eigenvalue weighted by molar-refractivity contribution is -0.134. The number of nitrogens with one attached hydrogen (secondary N) is 2. The first-order valence-electron chi connectivity index (χ1n) is 9.22. The summed E-state index contributed by atoms with van der Waals surface area (Å²) in [7, 11) is 0. The standard InChI is InChI=1S/C21H23N3O3/c1-15-6-5-9-17-19(15)22-21(23-20(17)26)10-12-24(13-11-21)18(25)14-27-16-7-3-2-4-8-16/h2-9,22H,10-14H2,1H3,(H,23,26). The minimum Gasteiger partial charge on any atom is -0.484 e. The van der Waals surface area contributed by atoms with Crippen LogP contribution in [0.4, 0.5) is 5.69 Å². The Morgan fingerprint density at radius 2 is 1.81 bits per heavy atom. The Morgan fingerprint density at radius 3 is 2.56 bits per heavy atom. The molecule has 0 saturated carbocycles. The topological polar surface area (TPSA) is 70.7 Å². The molecule has 2 aliphatic heterocycles.